The normalized spacial score (nSPS) is 18.3. The smallest absolute Gasteiger partial charge is 0.317 e. The zero-order valence-corrected chi connectivity index (χ0v) is 51.9. The van der Waals surface area contributed by atoms with E-state index < -0.39 is 85.1 Å². The number of nitrogens with zero attached hydrogens (tertiary/aromatic N) is 8. The summed E-state index contributed by atoms with van der Waals surface area (Å²) in [6.45, 7) is 4.22. The average Bonchev–Trinajstić information content (AvgIpc) is 3.00. The van der Waals surface area contributed by atoms with Crippen LogP contribution >= 0.6 is 11.8 Å². The summed E-state index contributed by atoms with van der Waals surface area (Å²) in [5, 5.41) is 40.5. The molecule has 0 unspecified atom stereocenters. The predicted molar refractivity (Wildman–Crippen MR) is 330 cm³/mol. The molecular formula is C61H86F2N12O13S. The number of halogens is 2. The molecule has 2 aromatic carbocycles. The molecule has 28 heteroatoms. The molecule has 0 aliphatic carbocycles. The topological polar surface area (TPSA) is 316 Å². The molecule has 3 aliphatic rings. The highest BCUT2D eigenvalue weighted by Gasteiger charge is 2.46. The van der Waals surface area contributed by atoms with Gasteiger partial charge < -0.3 is 51.1 Å². The molecule has 0 saturated carbocycles. The molecule has 25 nitrogen and oxygen atoms in total. The quantitative estimate of drug-likeness (QED) is 0.0371. The average molecular weight is 1270 g/mol. The standard InChI is InChI=1S/C61H86F2N12O13S/c1-42-9-11-44(12-10-42)6-4-8-52(76)66-19-31-89-40-51(69-53(77)36-70-22-24-71(37-55(79)80)26-28-73(39-57(83)84)29-27-72(25-23-70)38-56(81)82)59(86)68-43(2)60(87)74-20-16-45(17-21-74)7-5-30-88-47-13-14-50-49(32-47)48(15-18-65-50)58(85)67-35-54(78)75-41-61(62,63)33-46(75)34-64-3/h9-15,18,32,34,43,45-46,51H,4-8,16-17,19-31,33,35-41H2,1-3H3,(H,66,76)(H,67,85)(H,68,86)(H,69,77)(H,79,80)(H,81,82)(H,83,84)/t43-,46+,51-/m0/s1. The second-order valence-corrected chi connectivity index (χ2v) is 24.1. The van der Waals surface area contributed by atoms with Crippen molar-refractivity contribution >= 4 is 82.2 Å². The molecule has 4 heterocycles. The van der Waals surface area contributed by atoms with Gasteiger partial charge in [0.15, 0.2) is 0 Å². The number of alkyl halides is 2. The van der Waals surface area contributed by atoms with Crippen LogP contribution < -0.4 is 26.0 Å². The third kappa shape index (κ3) is 24.5. The molecule has 89 heavy (non-hydrogen) atoms. The van der Waals surface area contributed by atoms with Crippen LogP contribution in [0.2, 0.25) is 0 Å². The lowest BCUT2D eigenvalue weighted by Gasteiger charge is -2.34. The van der Waals surface area contributed by atoms with Crippen molar-refractivity contribution < 1.29 is 72.0 Å². The minimum Gasteiger partial charge on any atom is -0.494 e. The van der Waals surface area contributed by atoms with Crippen LogP contribution in [0.1, 0.15) is 73.4 Å². The van der Waals surface area contributed by atoms with Crippen molar-refractivity contribution in [2.24, 2.45) is 10.9 Å². The number of rotatable bonds is 30. The lowest BCUT2D eigenvalue weighted by Crippen LogP contribution is -2.56. The zero-order chi connectivity index (χ0) is 64.5. The molecule has 3 fully saturated rings. The molecule has 0 radical (unpaired) electrons. The summed E-state index contributed by atoms with van der Waals surface area (Å²) in [4.78, 5) is 134. The van der Waals surface area contributed by atoms with E-state index in [0.29, 0.717) is 80.8 Å². The van der Waals surface area contributed by atoms with E-state index >= 15 is 0 Å². The molecule has 3 aromatic rings. The van der Waals surface area contributed by atoms with Gasteiger partial charge in [0.1, 0.15) is 17.8 Å². The Morgan fingerprint density at radius 1 is 0.775 bits per heavy atom. The summed E-state index contributed by atoms with van der Waals surface area (Å²) >= 11 is 1.33. The second kappa shape index (κ2) is 35.7. The van der Waals surface area contributed by atoms with E-state index in [-0.39, 0.29) is 108 Å². The predicted octanol–water partition coefficient (Wildman–Crippen LogP) is 1.94. The number of likely N-dealkylation sites (tertiary alicyclic amines) is 2. The minimum absolute atomic E-state index is 0.0898. The highest BCUT2D eigenvalue weighted by Crippen LogP contribution is 2.31. The van der Waals surface area contributed by atoms with Crippen molar-refractivity contribution in [3.63, 3.8) is 0 Å². The Morgan fingerprint density at radius 3 is 1.98 bits per heavy atom. The zero-order valence-electron chi connectivity index (χ0n) is 51.0. The van der Waals surface area contributed by atoms with E-state index in [2.05, 4.69) is 31.2 Å². The number of aliphatic imine (C=N–C) groups is 1. The van der Waals surface area contributed by atoms with Gasteiger partial charge in [0.25, 0.3) is 11.8 Å². The Kier molecular flexibility index (Phi) is 28.4. The first kappa shape index (κ1) is 70.7. The number of nitrogens with one attached hydrogen (secondary N) is 4. The van der Waals surface area contributed by atoms with E-state index in [1.54, 1.807) is 49.6 Å². The van der Waals surface area contributed by atoms with Gasteiger partial charge in [-0.3, -0.25) is 72.7 Å². The number of carbonyl (C=O) groups excluding carboxylic acids is 6. The summed E-state index contributed by atoms with van der Waals surface area (Å²) in [6.07, 6.45) is 6.90. The van der Waals surface area contributed by atoms with Gasteiger partial charge in [0.2, 0.25) is 29.5 Å². The molecule has 3 atom stereocenters. The Labute approximate surface area is 521 Å². The maximum atomic E-state index is 14.2. The maximum absolute atomic E-state index is 14.2. The van der Waals surface area contributed by atoms with Crippen LogP contribution in [0.15, 0.2) is 59.7 Å². The van der Waals surface area contributed by atoms with Crippen molar-refractivity contribution in [2.75, 3.05) is 136 Å². The SMILES string of the molecule is CN=C[C@H]1CC(F)(F)CN1C(=O)CNC(=O)c1ccnc2ccc(OCCCC3CCN(C(=O)[C@H](C)NC(=O)[C@H](CSCCNC(=O)CCCc4ccc(C)cc4)NC(=O)CN4CCN(CC(=O)O)CCN(CC(=O)O)CCN(CC(=O)O)CC4)CC3)cc12. The van der Waals surface area contributed by atoms with Gasteiger partial charge in [0, 0.05) is 121 Å². The number of ether oxygens (including phenoxy) is 1. The van der Waals surface area contributed by atoms with Crippen molar-refractivity contribution in [3.05, 3.63) is 71.4 Å². The van der Waals surface area contributed by atoms with Gasteiger partial charge in [-0.05, 0) is 88.1 Å². The second-order valence-electron chi connectivity index (χ2n) is 22.9. The number of carboxylic acid groups (broad SMARTS) is 3. The number of carbonyl (C=O) groups is 9. The van der Waals surface area contributed by atoms with Crippen LogP contribution in [0.5, 0.6) is 5.75 Å². The maximum Gasteiger partial charge on any atom is 0.317 e. The van der Waals surface area contributed by atoms with Crippen LogP contribution in [0, 0.1) is 12.8 Å². The van der Waals surface area contributed by atoms with Crippen molar-refractivity contribution in [3.8, 4) is 5.75 Å². The Hall–Kier alpha value is -7.40. The van der Waals surface area contributed by atoms with E-state index in [1.807, 2.05) is 31.2 Å². The monoisotopic (exact) mass is 1260 g/mol. The first-order valence-corrected chi connectivity index (χ1v) is 31.4. The number of pyridine rings is 1. The molecule has 3 saturated heterocycles. The van der Waals surface area contributed by atoms with Gasteiger partial charge in [-0.1, -0.05) is 29.8 Å². The van der Waals surface area contributed by atoms with Crippen molar-refractivity contribution in [1.29, 1.82) is 0 Å². The van der Waals surface area contributed by atoms with Gasteiger partial charge in [-0.2, -0.15) is 11.8 Å². The highest BCUT2D eigenvalue weighted by atomic mass is 32.2. The number of amides is 6. The molecule has 0 spiro atoms. The molecule has 1 aromatic heterocycles. The van der Waals surface area contributed by atoms with Gasteiger partial charge in [-0.15, -0.1) is 0 Å². The van der Waals surface area contributed by atoms with Crippen LogP contribution in [0.4, 0.5) is 8.78 Å². The largest absolute Gasteiger partial charge is 0.494 e. The molecular weight excluding hydrogens is 1180 g/mol. The molecule has 6 amide bonds. The molecule has 6 rings (SSSR count). The summed E-state index contributed by atoms with van der Waals surface area (Å²) in [6, 6.07) is 11.9. The van der Waals surface area contributed by atoms with Crippen LogP contribution in [-0.2, 0) is 44.8 Å². The summed E-state index contributed by atoms with van der Waals surface area (Å²) < 4.78 is 34.4. The van der Waals surface area contributed by atoms with Crippen molar-refractivity contribution in [1.82, 2.24) is 55.7 Å². The number of hydrogen-bond donors (Lipinski definition) is 7. The first-order chi connectivity index (χ1) is 42.5. The van der Waals surface area contributed by atoms with Crippen LogP contribution in [-0.4, -0.2) is 270 Å². The Morgan fingerprint density at radius 2 is 1.38 bits per heavy atom. The Balaban J connectivity index is 1.000. The van der Waals surface area contributed by atoms with E-state index in [9.17, 15) is 67.3 Å². The Bertz CT molecular complexity index is 2890. The van der Waals surface area contributed by atoms with Gasteiger partial charge in [0.05, 0.1) is 63.0 Å². The fourth-order valence-corrected chi connectivity index (χ4v) is 11.9. The number of hydrogen-bond acceptors (Lipinski definition) is 17. The number of benzene rings is 2. The van der Waals surface area contributed by atoms with E-state index in [1.165, 1.54) is 37.3 Å². The fourth-order valence-electron chi connectivity index (χ4n) is 11.0. The number of fused-ring (bicyclic) bond motifs is 1. The third-order valence-corrected chi connectivity index (χ3v) is 16.9. The summed E-state index contributed by atoms with van der Waals surface area (Å²) in [5.74, 6) is -7.81. The summed E-state index contributed by atoms with van der Waals surface area (Å²) in [7, 11) is 1.44. The lowest BCUT2D eigenvalue weighted by molar-refractivity contribution is -0.140. The van der Waals surface area contributed by atoms with E-state index in [0.717, 1.165) is 28.9 Å². The number of thioether (sulfide) groups is 1. The number of aromatic nitrogens is 1. The lowest BCUT2D eigenvalue weighted by atomic mass is 9.92. The molecule has 0 bridgehead atoms. The van der Waals surface area contributed by atoms with Gasteiger partial charge in [-0.25, -0.2) is 8.78 Å². The number of aliphatic carboxylic acids is 3. The molecule has 3 aliphatic heterocycles. The molecule has 7 N–H and O–H groups in total. The van der Waals surface area contributed by atoms with Crippen molar-refractivity contribution in [2.45, 2.75) is 89.3 Å². The number of piperidine rings is 1. The van der Waals surface area contributed by atoms with E-state index in [4.69, 9.17) is 4.74 Å². The van der Waals surface area contributed by atoms with Crippen LogP contribution in [0.3, 0.4) is 0 Å². The summed E-state index contributed by atoms with van der Waals surface area (Å²) in [5.41, 5.74) is 3.04. The fraction of sp³-hybridized carbons (Fsp3) is 0.590. The third-order valence-electron chi connectivity index (χ3n) is 15.9. The molecule has 488 valence electrons. The number of aryl methyl sites for hydroxylation is 2. The highest BCUT2D eigenvalue weighted by molar-refractivity contribution is 7.99. The van der Waals surface area contributed by atoms with Gasteiger partial charge >= 0.3 is 17.9 Å². The first-order valence-electron chi connectivity index (χ1n) is 30.3. The van der Waals surface area contributed by atoms with Crippen LogP contribution in [0.25, 0.3) is 10.9 Å². The minimum atomic E-state index is -3.06. The number of carboxylic acids is 3.